The van der Waals surface area contributed by atoms with Gasteiger partial charge in [0.1, 0.15) is 6.04 Å². The smallest absolute Gasteiger partial charge is 0.287 e. The number of carbonyl (C=O) groups excluding carboxylic acids is 2. The molecule has 178 valence electrons. The molecule has 1 aliphatic heterocycles. The maximum absolute atomic E-state index is 13.1. The molecular formula is C24H31N3O5S. The summed E-state index contributed by atoms with van der Waals surface area (Å²) in [5, 5.41) is 2.62. The van der Waals surface area contributed by atoms with Gasteiger partial charge in [0.2, 0.25) is 15.9 Å². The molecule has 8 nitrogen and oxygen atoms in total. The molecule has 1 aromatic carbocycles. The first-order valence-electron chi connectivity index (χ1n) is 11.6. The Bertz CT molecular complexity index is 1050. The fourth-order valence-electron chi connectivity index (χ4n) is 4.66. The molecule has 2 heterocycles. The highest BCUT2D eigenvalue weighted by Gasteiger charge is 2.32. The summed E-state index contributed by atoms with van der Waals surface area (Å²) in [6.45, 7) is 2.60. The molecule has 2 fully saturated rings. The molecule has 1 aromatic heterocycles. The lowest BCUT2D eigenvalue weighted by Gasteiger charge is -2.35. The number of nitrogens with zero attached hydrogens (tertiary/aromatic N) is 2. The van der Waals surface area contributed by atoms with E-state index in [1.165, 1.54) is 54.3 Å². The normalized spacial score (nSPS) is 19.2. The summed E-state index contributed by atoms with van der Waals surface area (Å²) < 4.78 is 32.7. The van der Waals surface area contributed by atoms with Crippen LogP contribution in [0.2, 0.25) is 0 Å². The molecule has 0 spiro atoms. The summed E-state index contributed by atoms with van der Waals surface area (Å²) in [7, 11) is -3.61. The molecule has 1 saturated carbocycles. The quantitative estimate of drug-likeness (QED) is 0.695. The largest absolute Gasteiger partial charge is 0.459 e. The molecule has 1 N–H and O–H groups in total. The van der Waals surface area contributed by atoms with Gasteiger partial charge in [0.05, 0.1) is 11.2 Å². The minimum Gasteiger partial charge on any atom is -0.459 e. The molecule has 0 bridgehead atoms. The van der Waals surface area contributed by atoms with Gasteiger partial charge in [-0.3, -0.25) is 9.59 Å². The lowest BCUT2D eigenvalue weighted by molar-refractivity contribution is -0.134. The standard InChI is InChI=1S/C24H31N3O5S/c1-18(25-23(28)22-8-5-17-32-22)24(29)26-13-15-27(16-14-26)33(30,31)21-11-9-20(10-12-21)19-6-3-2-4-7-19/h5,8-12,17-19H,2-4,6-7,13-16H2,1H3,(H,25,28)/t18-/m1/s1. The second-order valence-corrected chi connectivity index (χ2v) is 10.7. The summed E-state index contributed by atoms with van der Waals surface area (Å²) in [6.07, 6.45) is 7.49. The Labute approximate surface area is 195 Å². The molecule has 0 unspecified atom stereocenters. The van der Waals surface area contributed by atoms with Crippen molar-refractivity contribution in [3.8, 4) is 0 Å². The van der Waals surface area contributed by atoms with E-state index in [0.29, 0.717) is 10.8 Å². The molecule has 2 aromatic rings. The summed E-state index contributed by atoms with van der Waals surface area (Å²) in [6, 6.07) is 9.71. The molecule has 0 radical (unpaired) electrons. The van der Waals surface area contributed by atoms with Gasteiger partial charge in [0.25, 0.3) is 5.91 Å². The van der Waals surface area contributed by atoms with E-state index in [1.54, 1.807) is 30.0 Å². The first-order valence-corrected chi connectivity index (χ1v) is 13.0. The van der Waals surface area contributed by atoms with Crippen LogP contribution in [-0.4, -0.2) is 61.7 Å². The molecule has 2 amide bonds. The second-order valence-electron chi connectivity index (χ2n) is 8.81. The van der Waals surface area contributed by atoms with Gasteiger partial charge in [-0.15, -0.1) is 0 Å². The molecule has 9 heteroatoms. The van der Waals surface area contributed by atoms with Crippen molar-refractivity contribution < 1.29 is 22.4 Å². The topological polar surface area (TPSA) is 99.9 Å². The highest BCUT2D eigenvalue weighted by Crippen LogP contribution is 2.33. The van der Waals surface area contributed by atoms with E-state index in [0.717, 1.165) is 0 Å². The fourth-order valence-corrected chi connectivity index (χ4v) is 6.08. The highest BCUT2D eigenvalue weighted by atomic mass is 32.2. The van der Waals surface area contributed by atoms with Crippen molar-refractivity contribution >= 4 is 21.8 Å². The van der Waals surface area contributed by atoms with Gasteiger partial charge >= 0.3 is 0 Å². The first-order chi connectivity index (χ1) is 15.9. The highest BCUT2D eigenvalue weighted by molar-refractivity contribution is 7.89. The minimum absolute atomic E-state index is 0.139. The van der Waals surface area contributed by atoms with Crippen LogP contribution in [0.25, 0.3) is 0 Å². The maximum Gasteiger partial charge on any atom is 0.287 e. The van der Waals surface area contributed by atoms with Gasteiger partial charge in [-0.1, -0.05) is 31.4 Å². The van der Waals surface area contributed by atoms with Crippen LogP contribution in [0, 0.1) is 0 Å². The molecular weight excluding hydrogens is 442 g/mol. The van der Waals surface area contributed by atoms with E-state index < -0.39 is 22.0 Å². The third kappa shape index (κ3) is 5.30. The number of nitrogens with one attached hydrogen (secondary N) is 1. The number of hydrogen-bond acceptors (Lipinski definition) is 5. The van der Waals surface area contributed by atoms with Gasteiger partial charge in [-0.05, 0) is 55.5 Å². The average Bonchev–Trinajstić information content (AvgIpc) is 3.39. The van der Waals surface area contributed by atoms with Crippen LogP contribution < -0.4 is 5.32 Å². The van der Waals surface area contributed by atoms with E-state index in [9.17, 15) is 18.0 Å². The van der Waals surface area contributed by atoms with Gasteiger partial charge in [0, 0.05) is 26.2 Å². The number of benzene rings is 1. The van der Waals surface area contributed by atoms with Crippen molar-refractivity contribution in [1.82, 2.24) is 14.5 Å². The second kappa shape index (κ2) is 10.1. The van der Waals surface area contributed by atoms with E-state index in [2.05, 4.69) is 5.32 Å². The van der Waals surface area contributed by atoms with Crippen molar-refractivity contribution in [1.29, 1.82) is 0 Å². The van der Waals surface area contributed by atoms with Crippen molar-refractivity contribution in [2.24, 2.45) is 0 Å². The van der Waals surface area contributed by atoms with Gasteiger partial charge < -0.3 is 14.6 Å². The SMILES string of the molecule is C[C@@H](NC(=O)c1ccco1)C(=O)N1CCN(S(=O)(=O)c2ccc(C3CCCCC3)cc2)CC1. The van der Waals surface area contributed by atoms with E-state index in [1.807, 2.05) is 12.1 Å². The summed E-state index contributed by atoms with van der Waals surface area (Å²) in [5.41, 5.74) is 1.22. The monoisotopic (exact) mass is 473 g/mol. The number of sulfonamides is 1. The van der Waals surface area contributed by atoms with Crippen LogP contribution in [0.4, 0.5) is 0 Å². The van der Waals surface area contributed by atoms with Gasteiger partial charge in [-0.25, -0.2) is 8.42 Å². The third-order valence-corrected chi connectivity index (χ3v) is 8.52. The molecule has 1 atom stereocenters. The molecule has 33 heavy (non-hydrogen) atoms. The van der Waals surface area contributed by atoms with E-state index >= 15 is 0 Å². The Morgan fingerprint density at radius 3 is 2.27 bits per heavy atom. The maximum atomic E-state index is 13.1. The number of furan rings is 1. The zero-order chi connectivity index (χ0) is 23.4. The Balaban J connectivity index is 1.32. The Kier molecular flexibility index (Phi) is 7.19. The minimum atomic E-state index is -3.61. The average molecular weight is 474 g/mol. The third-order valence-electron chi connectivity index (χ3n) is 6.61. The van der Waals surface area contributed by atoms with Crippen LogP contribution >= 0.6 is 0 Å². The Morgan fingerprint density at radius 2 is 1.67 bits per heavy atom. The lowest BCUT2D eigenvalue weighted by atomic mass is 9.84. The van der Waals surface area contributed by atoms with Crippen LogP contribution in [0.5, 0.6) is 0 Å². The number of carbonyl (C=O) groups is 2. The number of amides is 2. The summed E-state index contributed by atoms with van der Waals surface area (Å²) >= 11 is 0. The molecule has 4 rings (SSSR count). The lowest BCUT2D eigenvalue weighted by Crippen LogP contribution is -2.55. The number of piperazine rings is 1. The van der Waals surface area contributed by atoms with E-state index in [4.69, 9.17) is 4.42 Å². The van der Waals surface area contributed by atoms with Crippen molar-refractivity contribution in [2.45, 2.75) is 55.9 Å². The van der Waals surface area contributed by atoms with Crippen LogP contribution in [0.3, 0.4) is 0 Å². The predicted molar refractivity (Wildman–Crippen MR) is 123 cm³/mol. The predicted octanol–water partition coefficient (Wildman–Crippen LogP) is 2.98. The van der Waals surface area contributed by atoms with Crippen LogP contribution in [0.1, 0.15) is 61.1 Å². The van der Waals surface area contributed by atoms with Crippen molar-refractivity contribution in [2.75, 3.05) is 26.2 Å². The zero-order valence-electron chi connectivity index (χ0n) is 18.9. The Morgan fingerprint density at radius 1 is 1.00 bits per heavy atom. The van der Waals surface area contributed by atoms with E-state index in [-0.39, 0.29) is 37.8 Å². The summed E-state index contributed by atoms with van der Waals surface area (Å²) in [4.78, 5) is 26.7. The summed E-state index contributed by atoms with van der Waals surface area (Å²) in [5.74, 6) is -0.0390. The van der Waals surface area contributed by atoms with Crippen molar-refractivity contribution in [3.63, 3.8) is 0 Å². The molecule has 2 aliphatic rings. The number of rotatable bonds is 6. The van der Waals surface area contributed by atoms with Crippen LogP contribution in [-0.2, 0) is 14.8 Å². The first kappa shape index (κ1) is 23.5. The molecule has 1 aliphatic carbocycles. The zero-order valence-corrected chi connectivity index (χ0v) is 19.7. The molecule has 1 saturated heterocycles. The van der Waals surface area contributed by atoms with Gasteiger partial charge in [0.15, 0.2) is 5.76 Å². The number of hydrogen-bond donors (Lipinski definition) is 1. The van der Waals surface area contributed by atoms with Crippen LogP contribution in [0.15, 0.2) is 52.0 Å². The fraction of sp³-hybridized carbons (Fsp3) is 0.500. The Hall–Kier alpha value is -2.65. The van der Waals surface area contributed by atoms with Crippen molar-refractivity contribution in [3.05, 3.63) is 54.0 Å². The van der Waals surface area contributed by atoms with Gasteiger partial charge in [-0.2, -0.15) is 4.31 Å².